The molecule has 0 aliphatic rings. The summed E-state index contributed by atoms with van der Waals surface area (Å²) in [7, 11) is -4.17. The highest BCUT2D eigenvalue weighted by molar-refractivity contribution is 7.89. The molecule has 2 rings (SSSR count). The molecule has 0 saturated heterocycles. The van der Waals surface area contributed by atoms with Gasteiger partial charge in [0.2, 0.25) is 10.0 Å². The maximum atomic E-state index is 13.5. The monoisotopic (exact) mass is 327 g/mol. The zero-order chi connectivity index (χ0) is 16.2. The Hall–Kier alpha value is -1.83. The quantitative estimate of drug-likeness (QED) is 0.856. The van der Waals surface area contributed by atoms with Crippen molar-refractivity contribution in [3.05, 3.63) is 65.7 Å². The third kappa shape index (κ3) is 4.09. The molecule has 0 saturated carbocycles. The molecule has 0 bridgehead atoms. The molecule has 7 heteroatoms. The lowest BCUT2D eigenvalue weighted by Gasteiger charge is -2.12. The standard InChI is InChI=1S/C15H15F2NO3S/c16-12-6-7-13(17)15(10-12)22(20,21)18-9-8-14(19)11-4-2-1-3-5-11/h1-7,10,14,18-19H,8-9H2. The van der Waals surface area contributed by atoms with Crippen molar-refractivity contribution in [2.75, 3.05) is 6.54 Å². The molecule has 1 unspecified atom stereocenters. The minimum Gasteiger partial charge on any atom is -0.388 e. The third-order valence-corrected chi connectivity index (χ3v) is 4.55. The van der Waals surface area contributed by atoms with Crippen LogP contribution in [0.4, 0.5) is 8.78 Å². The van der Waals surface area contributed by atoms with Gasteiger partial charge in [-0.15, -0.1) is 0 Å². The lowest BCUT2D eigenvalue weighted by Crippen LogP contribution is -2.26. The molecule has 2 aromatic rings. The highest BCUT2D eigenvalue weighted by atomic mass is 32.2. The fourth-order valence-corrected chi connectivity index (χ4v) is 3.07. The van der Waals surface area contributed by atoms with Crippen molar-refractivity contribution in [1.82, 2.24) is 4.72 Å². The summed E-state index contributed by atoms with van der Waals surface area (Å²) >= 11 is 0. The van der Waals surface area contributed by atoms with Crippen LogP contribution >= 0.6 is 0 Å². The Bertz CT molecular complexity index is 736. The fraction of sp³-hybridized carbons (Fsp3) is 0.200. The molecular weight excluding hydrogens is 312 g/mol. The maximum Gasteiger partial charge on any atom is 0.243 e. The van der Waals surface area contributed by atoms with Gasteiger partial charge in [0, 0.05) is 6.54 Å². The molecule has 0 fully saturated rings. The van der Waals surface area contributed by atoms with Crippen LogP contribution < -0.4 is 4.72 Å². The summed E-state index contributed by atoms with van der Waals surface area (Å²) in [6, 6.07) is 10.9. The van der Waals surface area contributed by atoms with Crippen LogP contribution in [0.25, 0.3) is 0 Å². The topological polar surface area (TPSA) is 66.4 Å². The molecule has 118 valence electrons. The lowest BCUT2D eigenvalue weighted by atomic mass is 10.1. The summed E-state index contributed by atoms with van der Waals surface area (Å²) in [6.07, 6.45) is -0.735. The number of hydrogen-bond donors (Lipinski definition) is 2. The number of benzene rings is 2. The predicted octanol–water partition coefficient (Wildman–Crippen LogP) is 2.37. The molecule has 0 spiro atoms. The van der Waals surface area contributed by atoms with Crippen LogP contribution in [0.3, 0.4) is 0 Å². The van der Waals surface area contributed by atoms with Gasteiger partial charge in [0.15, 0.2) is 0 Å². The van der Waals surface area contributed by atoms with Gasteiger partial charge < -0.3 is 5.11 Å². The summed E-state index contributed by atoms with van der Waals surface area (Å²) in [5.74, 6) is -1.87. The first-order valence-corrected chi connectivity index (χ1v) is 8.06. The second kappa shape index (κ2) is 6.95. The van der Waals surface area contributed by atoms with Gasteiger partial charge in [-0.25, -0.2) is 21.9 Å². The molecule has 0 aliphatic carbocycles. The van der Waals surface area contributed by atoms with Crippen molar-refractivity contribution in [3.63, 3.8) is 0 Å². The minimum atomic E-state index is -4.17. The van der Waals surface area contributed by atoms with Crippen molar-refractivity contribution >= 4 is 10.0 Å². The molecule has 2 aromatic carbocycles. The van der Waals surface area contributed by atoms with Crippen LogP contribution in [0, 0.1) is 11.6 Å². The van der Waals surface area contributed by atoms with Gasteiger partial charge in [0.1, 0.15) is 16.5 Å². The van der Waals surface area contributed by atoms with E-state index in [0.29, 0.717) is 11.6 Å². The predicted molar refractivity (Wildman–Crippen MR) is 77.6 cm³/mol. The van der Waals surface area contributed by atoms with Crippen molar-refractivity contribution in [3.8, 4) is 0 Å². The number of halogens is 2. The van der Waals surface area contributed by atoms with Gasteiger partial charge >= 0.3 is 0 Å². The van der Waals surface area contributed by atoms with Gasteiger partial charge in [-0.1, -0.05) is 30.3 Å². The third-order valence-electron chi connectivity index (χ3n) is 3.08. The highest BCUT2D eigenvalue weighted by Crippen LogP contribution is 2.17. The number of rotatable bonds is 6. The Balaban J connectivity index is 2.00. The molecule has 0 aliphatic heterocycles. The van der Waals surface area contributed by atoms with Crippen molar-refractivity contribution < 1.29 is 22.3 Å². The number of sulfonamides is 1. The van der Waals surface area contributed by atoms with Gasteiger partial charge in [-0.2, -0.15) is 0 Å². The molecule has 1 atom stereocenters. The zero-order valence-corrected chi connectivity index (χ0v) is 12.4. The van der Waals surface area contributed by atoms with E-state index in [9.17, 15) is 22.3 Å². The average molecular weight is 327 g/mol. The smallest absolute Gasteiger partial charge is 0.243 e. The van der Waals surface area contributed by atoms with Gasteiger partial charge in [-0.3, -0.25) is 0 Å². The van der Waals surface area contributed by atoms with E-state index in [0.717, 1.165) is 12.1 Å². The van der Waals surface area contributed by atoms with Crippen molar-refractivity contribution in [2.45, 2.75) is 17.4 Å². The van der Waals surface area contributed by atoms with Crippen LogP contribution in [0.15, 0.2) is 53.4 Å². The van der Waals surface area contributed by atoms with Crippen LogP contribution in [-0.4, -0.2) is 20.1 Å². The lowest BCUT2D eigenvalue weighted by molar-refractivity contribution is 0.169. The molecule has 2 N–H and O–H groups in total. The van der Waals surface area contributed by atoms with E-state index >= 15 is 0 Å². The molecule has 22 heavy (non-hydrogen) atoms. The first-order valence-electron chi connectivity index (χ1n) is 6.58. The second-order valence-corrected chi connectivity index (χ2v) is 6.42. The van der Waals surface area contributed by atoms with Gasteiger partial charge in [0.05, 0.1) is 6.10 Å². The van der Waals surface area contributed by atoms with E-state index in [-0.39, 0.29) is 13.0 Å². The van der Waals surface area contributed by atoms with Crippen LogP contribution in [-0.2, 0) is 10.0 Å². The number of hydrogen-bond acceptors (Lipinski definition) is 3. The fourth-order valence-electron chi connectivity index (χ4n) is 1.93. The normalized spacial score (nSPS) is 13.0. The number of nitrogens with one attached hydrogen (secondary N) is 1. The van der Waals surface area contributed by atoms with E-state index in [4.69, 9.17) is 0 Å². The Morgan fingerprint density at radius 2 is 1.77 bits per heavy atom. The van der Waals surface area contributed by atoms with Crippen LogP contribution in [0.2, 0.25) is 0 Å². The molecule has 0 amide bonds. The minimum absolute atomic E-state index is 0.103. The summed E-state index contributed by atoms with van der Waals surface area (Å²) in [6.45, 7) is -0.103. The first-order chi connectivity index (χ1) is 10.4. The maximum absolute atomic E-state index is 13.5. The summed E-state index contributed by atoms with van der Waals surface area (Å²) in [5, 5.41) is 9.92. The van der Waals surface area contributed by atoms with E-state index in [1.54, 1.807) is 30.3 Å². The van der Waals surface area contributed by atoms with E-state index in [1.807, 2.05) is 0 Å². The number of aliphatic hydroxyl groups is 1. The molecule has 4 nitrogen and oxygen atoms in total. The Kier molecular flexibility index (Phi) is 5.23. The summed E-state index contributed by atoms with van der Waals surface area (Å²) < 4.78 is 52.5. The van der Waals surface area contributed by atoms with Gasteiger partial charge in [0.25, 0.3) is 0 Å². The van der Waals surface area contributed by atoms with Crippen LogP contribution in [0.1, 0.15) is 18.1 Å². The Labute approximate surface area is 127 Å². The number of aliphatic hydroxyl groups excluding tert-OH is 1. The van der Waals surface area contributed by atoms with Crippen LogP contribution in [0.5, 0.6) is 0 Å². The summed E-state index contributed by atoms with van der Waals surface area (Å²) in [4.78, 5) is -0.748. The largest absolute Gasteiger partial charge is 0.388 e. The first kappa shape index (κ1) is 16.5. The Morgan fingerprint density at radius 3 is 2.45 bits per heavy atom. The molecular formula is C15H15F2NO3S. The molecule has 0 aromatic heterocycles. The van der Waals surface area contributed by atoms with Gasteiger partial charge in [-0.05, 0) is 30.2 Å². The van der Waals surface area contributed by atoms with E-state index in [2.05, 4.69) is 4.72 Å². The summed E-state index contributed by atoms with van der Waals surface area (Å²) in [5.41, 5.74) is 0.652. The van der Waals surface area contributed by atoms with Crippen molar-refractivity contribution in [1.29, 1.82) is 0 Å². The Morgan fingerprint density at radius 1 is 1.09 bits per heavy atom. The zero-order valence-electron chi connectivity index (χ0n) is 11.5. The van der Waals surface area contributed by atoms with E-state index in [1.165, 1.54) is 0 Å². The second-order valence-electron chi connectivity index (χ2n) is 4.69. The van der Waals surface area contributed by atoms with E-state index < -0.39 is 32.7 Å². The SMILES string of the molecule is O=S(=O)(NCCC(O)c1ccccc1)c1cc(F)ccc1F. The molecule has 0 radical (unpaired) electrons. The highest BCUT2D eigenvalue weighted by Gasteiger charge is 2.20. The molecule has 0 heterocycles. The average Bonchev–Trinajstić information content (AvgIpc) is 2.50. The van der Waals surface area contributed by atoms with Crippen molar-refractivity contribution in [2.24, 2.45) is 0 Å².